The number of nitrogens with zero attached hydrogens (tertiary/aromatic N) is 3. The Morgan fingerprint density at radius 3 is 2.75 bits per heavy atom. The molecule has 20 heavy (non-hydrogen) atoms. The van der Waals surface area contributed by atoms with E-state index in [1.165, 1.54) is 16.6 Å². The summed E-state index contributed by atoms with van der Waals surface area (Å²) < 4.78 is 26.5. The van der Waals surface area contributed by atoms with E-state index in [1.807, 2.05) is 19.0 Å². The smallest absolute Gasteiger partial charge is 0.244 e. The van der Waals surface area contributed by atoms with Crippen LogP contribution in [0, 0.1) is 0 Å². The summed E-state index contributed by atoms with van der Waals surface area (Å²) in [7, 11) is 0.329. The molecule has 0 amide bonds. The van der Waals surface area contributed by atoms with Crippen LogP contribution >= 0.6 is 11.6 Å². The Hall–Kier alpha value is -0.930. The molecule has 0 aromatic carbocycles. The van der Waals surface area contributed by atoms with Gasteiger partial charge in [-0.15, -0.1) is 0 Å². The maximum absolute atomic E-state index is 12.5. The first-order valence-electron chi connectivity index (χ1n) is 6.15. The van der Waals surface area contributed by atoms with E-state index in [2.05, 4.69) is 10.4 Å². The van der Waals surface area contributed by atoms with Crippen molar-refractivity contribution in [1.82, 2.24) is 14.2 Å². The summed E-state index contributed by atoms with van der Waals surface area (Å²) >= 11 is 5.93. The van der Waals surface area contributed by atoms with Crippen LogP contribution in [-0.4, -0.2) is 55.8 Å². The Labute approximate surface area is 123 Å². The Morgan fingerprint density at radius 2 is 2.25 bits per heavy atom. The number of nitrogens with two attached hydrogens (primary N) is 1. The number of likely N-dealkylation sites (N-methyl/N-ethyl adjacent to an activating group) is 1. The summed E-state index contributed by atoms with van der Waals surface area (Å²) in [5.41, 5.74) is 2.31. The molecule has 1 aliphatic heterocycles. The van der Waals surface area contributed by atoms with Crippen LogP contribution in [0.4, 0.5) is 5.82 Å². The molecule has 1 aromatic rings. The van der Waals surface area contributed by atoms with Crippen molar-refractivity contribution in [3.63, 3.8) is 0 Å². The lowest BCUT2D eigenvalue weighted by Gasteiger charge is -2.20. The van der Waals surface area contributed by atoms with E-state index in [0.29, 0.717) is 13.1 Å². The average molecular weight is 320 g/mol. The van der Waals surface area contributed by atoms with Crippen LogP contribution in [0.5, 0.6) is 0 Å². The summed E-state index contributed by atoms with van der Waals surface area (Å²) in [4.78, 5) is 6.02. The van der Waals surface area contributed by atoms with Crippen LogP contribution < -0.4 is 11.3 Å². The third-order valence-corrected chi connectivity index (χ3v) is 5.57. The second-order valence-corrected chi connectivity index (χ2v) is 7.26. The Morgan fingerprint density at radius 1 is 1.55 bits per heavy atom. The Bertz CT molecular complexity index is 592. The number of sulfonamides is 1. The first-order chi connectivity index (χ1) is 9.36. The second kappa shape index (κ2) is 5.82. The van der Waals surface area contributed by atoms with Crippen molar-refractivity contribution >= 4 is 27.4 Å². The molecule has 7 nitrogen and oxygen atoms in total. The van der Waals surface area contributed by atoms with E-state index < -0.39 is 10.0 Å². The highest BCUT2D eigenvalue weighted by atomic mass is 35.5. The van der Waals surface area contributed by atoms with Crippen LogP contribution in [0.2, 0.25) is 5.02 Å². The number of anilines is 1. The Balaban J connectivity index is 2.25. The van der Waals surface area contributed by atoms with E-state index in [0.717, 1.165) is 6.42 Å². The molecule has 0 radical (unpaired) electrons. The summed E-state index contributed by atoms with van der Waals surface area (Å²) in [6.45, 7) is 0.976. The highest BCUT2D eigenvalue weighted by Gasteiger charge is 2.33. The fourth-order valence-electron chi connectivity index (χ4n) is 2.17. The van der Waals surface area contributed by atoms with Crippen LogP contribution in [0.1, 0.15) is 6.42 Å². The minimum Gasteiger partial charge on any atom is -0.307 e. The zero-order valence-corrected chi connectivity index (χ0v) is 12.9. The number of aromatic nitrogens is 1. The SMILES string of the molecule is CN(C)C1CCN(S(=O)(=O)c2cnc(NN)c(Cl)c2)C1. The molecule has 1 aliphatic rings. The van der Waals surface area contributed by atoms with Gasteiger partial charge in [0.15, 0.2) is 5.82 Å². The number of nitrogens with one attached hydrogen (secondary N) is 1. The fraction of sp³-hybridized carbons (Fsp3) is 0.545. The number of hydrogen-bond acceptors (Lipinski definition) is 6. The second-order valence-electron chi connectivity index (χ2n) is 4.91. The molecule has 1 unspecified atom stereocenters. The highest BCUT2D eigenvalue weighted by molar-refractivity contribution is 7.89. The molecular weight excluding hydrogens is 302 g/mol. The van der Waals surface area contributed by atoms with Crippen LogP contribution in [0.3, 0.4) is 0 Å². The van der Waals surface area contributed by atoms with Crippen molar-refractivity contribution in [3.8, 4) is 0 Å². The fourth-order valence-corrected chi connectivity index (χ4v) is 3.92. The molecule has 0 aliphatic carbocycles. The standard InChI is InChI=1S/C11H18ClN5O2S/c1-16(2)8-3-4-17(7-8)20(18,19)9-5-10(12)11(15-13)14-6-9/h5-6,8H,3-4,7,13H2,1-2H3,(H,14,15). The number of halogens is 1. The van der Waals surface area contributed by atoms with Gasteiger partial charge in [0.25, 0.3) is 0 Å². The van der Waals surface area contributed by atoms with E-state index in [9.17, 15) is 8.42 Å². The van der Waals surface area contributed by atoms with Crippen LogP contribution in [0.15, 0.2) is 17.2 Å². The van der Waals surface area contributed by atoms with Gasteiger partial charge in [-0.1, -0.05) is 11.6 Å². The third kappa shape index (κ3) is 2.89. The third-order valence-electron chi connectivity index (χ3n) is 3.45. The first-order valence-corrected chi connectivity index (χ1v) is 7.97. The molecule has 1 fully saturated rings. The number of hydrazine groups is 1. The zero-order valence-electron chi connectivity index (χ0n) is 11.4. The molecule has 1 atom stereocenters. The van der Waals surface area contributed by atoms with Crippen molar-refractivity contribution in [2.45, 2.75) is 17.4 Å². The van der Waals surface area contributed by atoms with Gasteiger partial charge in [-0.2, -0.15) is 4.31 Å². The summed E-state index contributed by atoms with van der Waals surface area (Å²) in [6.07, 6.45) is 2.08. The van der Waals surface area contributed by atoms with E-state index in [1.54, 1.807) is 0 Å². The molecule has 0 bridgehead atoms. The molecule has 1 aromatic heterocycles. The topological polar surface area (TPSA) is 91.6 Å². The summed E-state index contributed by atoms with van der Waals surface area (Å²) in [5, 5.41) is 0.178. The van der Waals surface area contributed by atoms with E-state index >= 15 is 0 Å². The van der Waals surface area contributed by atoms with Crippen molar-refractivity contribution < 1.29 is 8.42 Å². The predicted octanol–water partition coefficient (Wildman–Crippen LogP) is 0.345. The molecule has 1 saturated heterocycles. The van der Waals surface area contributed by atoms with Gasteiger partial charge >= 0.3 is 0 Å². The predicted molar refractivity (Wildman–Crippen MR) is 77.9 cm³/mol. The lowest BCUT2D eigenvalue weighted by molar-refractivity contribution is 0.302. The molecule has 2 heterocycles. The quantitative estimate of drug-likeness (QED) is 0.614. The molecule has 2 rings (SSSR count). The zero-order chi connectivity index (χ0) is 14.9. The molecule has 9 heteroatoms. The molecule has 0 spiro atoms. The number of nitrogen functional groups attached to an aromatic ring is 1. The number of hydrogen-bond donors (Lipinski definition) is 2. The first kappa shape index (κ1) is 15.5. The maximum Gasteiger partial charge on any atom is 0.244 e. The van der Waals surface area contributed by atoms with Gasteiger partial charge in [0.2, 0.25) is 10.0 Å². The van der Waals surface area contributed by atoms with Gasteiger partial charge in [-0.05, 0) is 26.6 Å². The summed E-state index contributed by atoms with van der Waals surface area (Å²) in [6, 6.07) is 1.60. The lowest BCUT2D eigenvalue weighted by Crippen LogP contribution is -2.34. The van der Waals surface area contributed by atoms with Gasteiger partial charge in [-0.3, -0.25) is 0 Å². The van der Waals surface area contributed by atoms with Gasteiger partial charge in [-0.25, -0.2) is 19.2 Å². The molecule has 0 saturated carbocycles. The summed E-state index contributed by atoms with van der Waals surface area (Å²) in [5.74, 6) is 5.47. The molecule has 3 N–H and O–H groups in total. The normalized spacial score (nSPS) is 20.6. The van der Waals surface area contributed by atoms with Gasteiger partial charge in [0.1, 0.15) is 4.90 Å². The highest BCUT2D eigenvalue weighted by Crippen LogP contribution is 2.26. The Kier molecular flexibility index (Phi) is 4.50. The maximum atomic E-state index is 12.5. The minimum atomic E-state index is -3.56. The van der Waals surface area contributed by atoms with Crippen molar-refractivity contribution in [3.05, 3.63) is 17.3 Å². The van der Waals surface area contributed by atoms with Crippen molar-refractivity contribution in [2.24, 2.45) is 5.84 Å². The molecule has 112 valence electrons. The van der Waals surface area contributed by atoms with Gasteiger partial charge in [0.05, 0.1) is 5.02 Å². The monoisotopic (exact) mass is 319 g/mol. The van der Waals surface area contributed by atoms with E-state index in [4.69, 9.17) is 17.4 Å². The van der Waals surface area contributed by atoms with Gasteiger partial charge < -0.3 is 10.3 Å². The lowest BCUT2D eigenvalue weighted by atomic mass is 10.2. The van der Waals surface area contributed by atoms with Crippen LogP contribution in [0.25, 0.3) is 0 Å². The van der Waals surface area contributed by atoms with Gasteiger partial charge in [0, 0.05) is 25.3 Å². The van der Waals surface area contributed by atoms with E-state index in [-0.39, 0.29) is 21.8 Å². The van der Waals surface area contributed by atoms with Crippen molar-refractivity contribution in [1.29, 1.82) is 0 Å². The number of rotatable bonds is 4. The minimum absolute atomic E-state index is 0.0842. The number of pyridine rings is 1. The molecular formula is C11H18ClN5O2S. The van der Waals surface area contributed by atoms with Crippen LogP contribution in [-0.2, 0) is 10.0 Å². The largest absolute Gasteiger partial charge is 0.307 e. The van der Waals surface area contributed by atoms with Crippen molar-refractivity contribution in [2.75, 3.05) is 32.6 Å². The average Bonchev–Trinajstić information content (AvgIpc) is 2.89.